The van der Waals surface area contributed by atoms with Crippen LogP contribution in [0.2, 0.25) is 0 Å². The van der Waals surface area contributed by atoms with Crippen molar-refractivity contribution >= 4 is 21.4 Å². The number of halogens is 5. The molecule has 1 aliphatic rings. The summed E-state index contributed by atoms with van der Waals surface area (Å²) in [6.07, 6.45) is -2.99. The van der Waals surface area contributed by atoms with Crippen molar-refractivity contribution in [2.75, 3.05) is 18.1 Å². The Morgan fingerprint density at radius 2 is 1.91 bits per heavy atom. The number of carbonyl (C=O) groups is 1. The highest BCUT2D eigenvalue weighted by Gasteiger charge is 2.46. The number of nitrogens with one attached hydrogen (secondary N) is 1. The van der Waals surface area contributed by atoms with Gasteiger partial charge in [0.15, 0.2) is 33.8 Å². The van der Waals surface area contributed by atoms with Gasteiger partial charge in [-0.1, -0.05) is 0 Å². The molecule has 0 bridgehead atoms. The number of sulfone groups is 1. The summed E-state index contributed by atoms with van der Waals surface area (Å²) in [6, 6.07) is 1.52. The molecular formula is C20H17F5N4O5S. The summed E-state index contributed by atoms with van der Waals surface area (Å²) < 4.78 is 99.7. The largest absolute Gasteiger partial charge is 0.478 e. The van der Waals surface area contributed by atoms with E-state index in [9.17, 15) is 35.2 Å². The van der Waals surface area contributed by atoms with E-state index < -0.39 is 63.1 Å². The van der Waals surface area contributed by atoms with Gasteiger partial charge < -0.3 is 14.8 Å². The van der Waals surface area contributed by atoms with Crippen LogP contribution in [0.25, 0.3) is 5.65 Å². The molecule has 4 heterocycles. The topological polar surface area (TPSA) is 112 Å². The predicted molar refractivity (Wildman–Crippen MR) is 110 cm³/mol. The monoisotopic (exact) mass is 520 g/mol. The van der Waals surface area contributed by atoms with E-state index in [0.29, 0.717) is 12.3 Å². The van der Waals surface area contributed by atoms with E-state index in [4.69, 9.17) is 4.74 Å². The third-order valence-corrected chi connectivity index (χ3v) is 7.16. The van der Waals surface area contributed by atoms with Gasteiger partial charge in [-0.05, 0) is 13.8 Å². The third-order valence-electron chi connectivity index (χ3n) is 5.01. The van der Waals surface area contributed by atoms with Crippen LogP contribution < -0.4 is 14.8 Å². The smallest absolute Gasteiger partial charge is 0.422 e. The Labute approximate surface area is 194 Å². The van der Waals surface area contributed by atoms with Crippen LogP contribution in [0.15, 0.2) is 24.5 Å². The highest BCUT2D eigenvalue weighted by atomic mass is 32.2. The minimum Gasteiger partial charge on any atom is -0.478 e. The molecule has 1 aliphatic heterocycles. The molecule has 35 heavy (non-hydrogen) atoms. The quantitative estimate of drug-likeness (QED) is 0.498. The second-order valence-electron chi connectivity index (χ2n) is 8.27. The zero-order valence-corrected chi connectivity index (χ0v) is 18.9. The zero-order chi connectivity index (χ0) is 25.8. The number of hydrogen-bond acceptors (Lipinski definition) is 7. The SMILES string of the molecule is Cc1c(C(=O)NC2(C)CS(=O)(=O)C2)nc2cc(F)c(Oc3ncc(F)cc3OCC(F)(F)F)cn12. The minimum absolute atomic E-state index is 0.00416. The molecular weight excluding hydrogens is 503 g/mol. The first-order valence-corrected chi connectivity index (χ1v) is 11.7. The summed E-state index contributed by atoms with van der Waals surface area (Å²) in [5.41, 5.74) is -0.807. The molecule has 0 aromatic carbocycles. The van der Waals surface area contributed by atoms with Gasteiger partial charge in [0.2, 0.25) is 0 Å². The van der Waals surface area contributed by atoms with Crippen LogP contribution in [0.3, 0.4) is 0 Å². The lowest BCUT2D eigenvalue weighted by Gasteiger charge is -2.38. The molecule has 0 unspecified atom stereocenters. The lowest BCUT2D eigenvalue weighted by atomic mass is 10.1. The first-order valence-electron chi connectivity index (χ1n) is 9.89. The Hall–Kier alpha value is -3.49. The van der Waals surface area contributed by atoms with Crippen LogP contribution in [0, 0.1) is 18.6 Å². The highest BCUT2D eigenvalue weighted by molar-refractivity contribution is 7.93. The number of imidazole rings is 1. The number of fused-ring (bicyclic) bond motifs is 1. The maximum atomic E-state index is 14.7. The van der Waals surface area contributed by atoms with Crippen molar-refractivity contribution in [3.63, 3.8) is 0 Å². The molecule has 15 heteroatoms. The van der Waals surface area contributed by atoms with Crippen LogP contribution in [0.1, 0.15) is 23.1 Å². The van der Waals surface area contributed by atoms with E-state index in [-0.39, 0.29) is 28.5 Å². The third kappa shape index (κ3) is 5.28. The van der Waals surface area contributed by atoms with Crippen LogP contribution in [-0.2, 0) is 9.84 Å². The van der Waals surface area contributed by atoms with Crippen molar-refractivity contribution in [3.05, 3.63) is 47.5 Å². The first kappa shape index (κ1) is 24.6. The second kappa shape index (κ2) is 8.32. The van der Waals surface area contributed by atoms with Crippen LogP contribution in [0.5, 0.6) is 17.4 Å². The number of aryl methyl sites for hydroxylation is 1. The Morgan fingerprint density at radius 3 is 2.54 bits per heavy atom. The van der Waals surface area contributed by atoms with Crippen molar-refractivity contribution in [1.29, 1.82) is 0 Å². The minimum atomic E-state index is -4.72. The number of rotatable bonds is 6. The van der Waals surface area contributed by atoms with Gasteiger partial charge in [-0.15, -0.1) is 0 Å². The summed E-state index contributed by atoms with van der Waals surface area (Å²) in [6.45, 7) is 1.30. The number of carbonyl (C=O) groups excluding carboxylic acids is 1. The Kier molecular flexibility index (Phi) is 5.85. The number of aromatic nitrogens is 3. The molecule has 0 saturated carbocycles. The second-order valence-corrected chi connectivity index (χ2v) is 10.3. The van der Waals surface area contributed by atoms with Crippen molar-refractivity contribution in [2.45, 2.75) is 25.6 Å². The van der Waals surface area contributed by atoms with Gasteiger partial charge in [0, 0.05) is 12.1 Å². The van der Waals surface area contributed by atoms with E-state index >= 15 is 0 Å². The number of amides is 1. The molecule has 0 radical (unpaired) electrons. The molecule has 3 aromatic rings. The molecule has 1 amide bonds. The maximum Gasteiger partial charge on any atom is 0.422 e. The van der Waals surface area contributed by atoms with Gasteiger partial charge in [-0.25, -0.2) is 27.2 Å². The standard InChI is InChI=1S/C20H17F5N4O5S/c1-10-16(17(30)28-19(2)8-35(31,32)9-19)27-15-4-12(22)14(6-29(10)15)34-18-13(3-11(21)5-26-18)33-7-20(23,24)25/h3-6H,7-9H2,1-2H3,(H,28,30). The molecule has 3 aromatic heterocycles. The van der Waals surface area contributed by atoms with Gasteiger partial charge in [0.25, 0.3) is 11.8 Å². The fourth-order valence-corrected chi connectivity index (χ4v) is 5.64. The lowest BCUT2D eigenvalue weighted by molar-refractivity contribution is -0.153. The Bertz CT molecular complexity index is 1430. The normalized spacial score (nSPS) is 16.5. The molecule has 0 spiro atoms. The summed E-state index contributed by atoms with van der Waals surface area (Å²) in [4.78, 5) is 20.3. The van der Waals surface area contributed by atoms with Crippen LogP contribution >= 0.6 is 0 Å². The van der Waals surface area contributed by atoms with Gasteiger partial charge in [-0.3, -0.25) is 9.20 Å². The van der Waals surface area contributed by atoms with Crippen molar-refractivity contribution < 1.29 is 44.6 Å². The predicted octanol–water partition coefficient (Wildman–Crippen LogP) is 2.97. The van der Waals surface area contributed by atoms with E-state index in [0.717, 1.165) is 12.3 Å². The molecule has 9 nitrogen and oxygen atoms in total. The fraction of sp³-hybridized carbons (Fsp3) is 0.350. The average molecular weight is 520 g/mol. The van der Waals surface area contributed by atoms with Crippen molar-refractivity contribution in [1.82, 2.24) is 19.7 Å². The molecule has 4 rings (SSSR count). The van der Waals surface area contributed by atoms with Gasteiger partial charge in [0.05, 0.1) is 35.1 Å². The molecule has 1 fully saturated rings. The van der Waals surface area contributed by atoms with Crippen molar-refractivity contribution in [2.24, 2.45) is 0 Å². The average Bonchev–Trinajstić information content (AvgIpc) is 3.01. The van der Waals surface area contributed by atoms with Crippen LogP contribution in [0.4, 0.5) is 22.0 Å². The Balaban J connectivity index is 1.62. The molecule has 0 atom stereocenters. The number of alkyl halides is 3. The fourth-order valence-electron chi connectivity index (χ4n) is 3.64. The van der Waals surface area contributed by atoms with E-state index in [1.165, 1.54) is 11.3 Å². The first-order chi connectivity index (χ1) is 16.1. The Morgan fingerprint density at radius 1 is 1.23 bits per heavy atom. The highest BCUT2D eigenvalue weighted by Crippen LogP contribution is 2.33. The number of ether oxygens (including phenoxy) is 2. The summed E-state index contributed by atoms with van der Waals surface area (Å²) in [5.74, 6) is -4.97. The van der Waals surface area contributed by atoms with Crippen molar-refractivity contribution in [3.8, 4) is 17.4 Å². The summed E-state index contributed by atoms with van der Waals surface area (Å²) >= 11 is 0. The van der Waals surface area contributed by atoms with Gasteiger partial charge in [0.1, 0.15) is 17.2 Å². The maximum absolute atomic E-state index is 14.7. The lowest BCUT2D eigenvalue weighted by Crippen LogP contribution is -2.63. The summed E-state index contributed by atoms with van der Waals surface area (Å²) in [7, 11) is -3.22. The van der Waals surface area contributed by atoms with Gasteiger partial charge in [-0.2, -0.15) is 13.2 Å². The number of pyridine rings is 2. The zero-order valence-electron chi connectivity index (χ0n) is 18.1. The summed E-state index contributed by atoms with van der Waals surface area (Å²) in [5, 5.41) is 2.60. The van der Waals surface area contributed by atoms with E-state index in [1.807, 2.05) is 0 Å². The van der Waals surface area contributed by atoms with Gasteiger partial charge >= 0.3 is 6.18 Å². The van der Waals surface area contributed by atoms with E-state index in [1.54, 1.807) is 6.92 Å². The molecule has 0 aliphatic carbocycles. The van der Waals surface area contributed by atoms with E-state index in [2.05, 4.69) is 20.0 Å². The number of nitrogens with zero attached hydrogens (tertiary/aromatic N) is 3. The molecule has 188 valence electrons. The molecule has 1 saturated heterocycles. The number of hydrogen-bond donors (Lipinski definition) is 1. The molecule has 1 N–H and O–H groups in total. The van der Waals surface area contributed by atoms with Crippen LogP contribution in [-0.4, -0.2) is 58.5 Å².